The lowest BCUT2D eigenvalue weighted by Gasteiger charge is -2.31. The topological polar surface area (TPSA) is 0 Å². The van der Waals surface area contributed by atoms with Crippen LogP contribution >= 0.6 is 0 Å². The van der Waals surface area contributed by atoms with Crippen LogP contribution in [0.1, 0.15) is 94.2 Å². The molecule has 1 unspecified atom stereocenters. The van der Waals surface area contributed by atoms with E-state index >= 15 is 0 Å². The first-order valence-corrected chi connectivity index (χ1v) is 15.3. The highest BCUT2D eigenvalue weighted by atomic mass is 19.4. The van der Waals surface area contributed by atoms with Crippen molar-refractivity contribution in [2.24, 2.45) is 17.8 Å². The average Bonchev–Trinajstić information content (AvgIpc) is 2.95. The molecule has 2 aliphatic rings. The third-order valence-electron chi connectivity index (χ3n) is 9.39. The SMILES string of the molecule is CCCCCC1CCC(CCC2CCc3cc(-c4ccc5c(F)c(C#CC(F)(F)F)c(F)cc5c4)ccc3C2)CC1. The van der Waals surface area contributed by atoms with Gasteiger partial charge in [-0.2, -0.15) is 13.2 Å². The molecule has 1 atom stereocenters. The smallest absolute Gasteiger partial charge is 0.205 e. The molecule has 0 N–H and O–H groups in total. The number of unbranched alkanes of at least 4 members (excludes halogenated alkanes) is 2. The maximum absolute atomic E-state index is 14.8. The lowest BCUT2D eigenvalue weighted by molar-refractivity contribution is -0.0696. The van der Waals surface area contributed by atoms with E-state index in [4.69, 9.17) is 0 Å². The number of hydrogen-bond acceptors (Lipinski definition) is 0. The van der Waals surface area contributed by atoms with Crippen LogP contribution in [-0.2, 0) is 12.8 Å². The van der Waals surface area contributed by atoms with E-state index in [0.29, 0.717) is 5.39 Å². The first-order chi connectivity index (χ1) is 19.7. The van der Waals surface area contributed by atoms with Crippen molar-refractivity contribution in [3.63, 3.8) is 0 Å². The second kappa shape index (κ2) is 13.0. The van der Waals surface area contributed by atoms with Crippen LogP contribution in [0.4, 0.5) is 22.0 Å². The predicted molar refractivity (Wildman–Crippen MR) is 157 cm³/mol. The molecular formula is C36H39F5. The van der Waals surface area contributed by atoms with Gasteiger partial charge in [0.2, 0.25) is 0 Å². The van der Waals surface area contributed by atoms with Crippen molar-refractivity contribution in [1.29, 1.82) is 0 Å². The van der Waals surface area contributed by atoms with E-state index in [-0.39, 0.29) is 5.39 Å². The molecule has 1 fully saturated rings. The Kier molecular flexibility index (Phi) is 9.37. The van der Waals surface area contributed by atoms with Crippen LogP contribution in [0, 0.1) is 41.2 Å². The summed E-state index contributed by atoms with van der Waals surface area (Å²) in [6, 6.07) is 12.4. The van der Waals surface area contributed by atoms with Gasteiger partial charge in [0.1, 0.15) is 11.6 Å². The number of halogens is 5. The number of aryl methyl sites for hydroxylation is 1. The summed E-state index contributed by atoms with van der Waals surface area (Å²) in [7, 11) is 0. The van der Waals surface area contributed by atoms with Crippen LogP contribution in [0.2, 0.25) is 0 Å². The minimum atomic E-state index is -4.82. The first kappa shape index (κ1) is 29.6. The minimum Gasteiger partial charge on any atom is -0.205 e. The van der Waals surface area contributed by atoms with Crippen LogP contribution in [0.5, 0.6) is 0 Å². The van der Waals surface area contributed by atoms with Gasteiger partial charge in [0, 0.05) is 11.3 Å². The second-order valence-corrected chi connectivity index (χ2v) is 12.3. The van der Waals surface area contributed by atoms with E-state index in [1.54, 1.807) is 18.1 Å². The van der Waals surface area contributed by atoms with Crippen LogP contribution in [0.15, 0.2) is 42.5 Å². The molecule has 41 heavy (non-hydrogen) atoms. The third-order valence-corrected chi connectivity index (χ3v) is 9.39. The zero-order chi connectivity index (χ0) is 29.0. The van der Waals surface area contributed by atoms with E-state index in [0.717, 1.165) is 53.7 Å². The summed E-state index contributed by atoms with van der Waals surface area (Å²) >= 11 is 0. The zero-order valence-corrected chi connectivity index (χ0v) is 23.9. The van der Waals surface area contributed by atoms with E-state index in [1.807, 2.05) is 0 Å². The highest BCUT2D eigenvalue weighted by molar-refractivity contribution is 5.89. The molecule has 0 amide bonds. The third kappa shape index (κ3) is 7.51. The zero-order valence-electron chi connectivity index (χ0n) is 23.9. The van der Waals surface area contributed by atoms with Gasteiger partial charge in [-0.05, 0) is 83.2 Å². The van der Waals surface area contributed by atoms with Gasteiger partial charge in [-0.3, -0.25) is 0 Å². The minimum absolute atomic E-state index is 0.0485. The highest BCUT2D eigenvalue weighted by Gasteiger charge is 2.25. The van der Waals surface area contributed by atoms with Crippen LogP contribution in [-0.4, -0.2) is 6.18 Å². The fourth-order valence-electron chi connectivity index (χ4n) is 6.98. The van der Waals surface area contributed by atoms with Crippen molar-refractivity contribution in [2.45, 2.75) is 96.6 Å². The molecule has 0 aromatic heterocycles. The summed E-state index contributed by atoms with van der Waals surface area (Å²) in [6.45, 7) is 2.28. The fourth-order valence-corrected chi connectivity index (χ4v) is 6.98. The molecule has 218 valence electrons. The summed E-state index contributed by atoms with van der Waals surface area (Å²) in [5, 5.41) is 0.343. The lowest BCUT2D eigenvalue weighted by Crippen LogP contribution is -2.18. The van der Waals surface area contributed by atoms with Crippen molar-refractivity contribution in [2.75, 3.05) is 0 Å². The van der Waals surface area contributed by atoms with Gasteiger partial charge in [0.25, 0.3) is 0 Å². The van der Waals surface area contributed by atoms with Gasteiger partial charge in [-0.15, -0.1) is 0 Å². The normalized spacial score (nSPS) is 20.9. The Hall–Kier alpha value is -2.87. The molecule has 0 nitrogen and oxygen atoms in total. The summed E-state index contributed by atoms with van der Waals surface area (Å²) in [5.41, 5.74) is 3.67. The molecular weight excluding hydrogens is 527 g/mol. The molecule has 3 aromatic carbocycles. The van der Waals surface area contributed by atoms with E-state index in [9.17, 15) is 22.0 Å². The predicted octanol–water partition coefficient (Wildman–Crippen LogP) is 11.0. The van der Waals surface area contributed by atoms with Gasteiger partial charge in [0.15, 0.2) is 0 Å². The largest absolute Gasteiger partial charge is 0.458 e. The summed E-state index contributed by atoms with van der Waals surface area (Å²) in [5.74, 6) is 3.00. The van der Waals surface area contributed by atoms with Crippen molar-refractivity contribution >= 4 is 10.8 Å². The van der Waals surface area contributed by atoms with Crippen LogP contribution in [0.25, 0.3) is 21.9 Å². The standard InChI is InChI=1S/C36H39F5/c1-2-3-4-5-24-6-8-25(9-7-24)10-11-26-12-13-28-21-29(15-14-27(28)20-26)30-16-17-32-31(22-30)23-34(37)33(35(32)38)18-19-36(39,40)41/h14-17,21-26H,2-13,20H2,1H3. The Morgan fingerprint density at radius 3 is 2.17 bits per heavy atom. The number of benzene rings is 3. The maximum atomic E-state index is 14.8. The first-order valence-electron chi connectivity index (χ1n) is 15.3. The van der Waals surface area contributed by atoms with Gasteiger partial charge >= 0.3 is 6.18 Å². The molecule has 0 radical (unpaired) electrons. The number of rotatable bonds is 8. The molecule has 0 bridgehead atoms. The van der Waals surface area contributed by atoms with Crippen LogP contribution < -0.4 is 0 Å². The fraction of sp³-hybridized carbons (Fsp3) is 0.500. The van der Waals surface area contributed by atoms with Crippen molar-refractivity contribution in [1.82, 2.24) is 0 Å². The molecule has 0 spiro atoms. The van der Waals surface area contributed by atoms with Gasteiger partial charge in [-0.25, -0.2) is 8.78 Å². The van der Waals surface area contributed by atoms with Crippen LogP contribution in [0.3, 0.4) is 0 Å². The molecule has 1 saturated carbocycles. The molecule has 0 aliphatic heterocycles. The molecule has 5 heteroatoms. The monoisotopic (exact) mass is 566 g/mol. The molecule has 3 aromatic rings. The Bertz CT molecular complexity index is 1420. The lowest BCUT2D eigenvalue weighted by atomic mass is 9.75. The second-order valence-electron chi connectivity index (χ2n) is 12.3. The van der Waals surface area contributed by atoms with E-state index in [2.05, 4.69) is 25.1 Å². The number of hydrogen-bond donors (Lipinski definition) is 0. The summed E-state index contributed by atoms with van der Waals surface area (Å²) in [4.78, 5) is 0. The Balaban J connectivity index is 1.21. The summed E-state index contributed by atoms with van der Waals surface area (Å²) in [6.07, 6.45) is 12.4. The molecule has 2 aliphatic carbocycles. The van der Waals surface area contributed by atoms with Crippen molar-refractivity contribution < 1.29 is 22.0 Å². The van der Waals surface area contributed by atoms with Crippen molar-refractivity contribution in [3.8, 4) is 23.0 Å². The molecule has 5 rings (SSSR count). The number of alkyl halides is 3. The average molecular weight is 567 g/mol. The maximum Gasteiger partial charge on any atom is 0.458 e. The Morgan fingerprint density at radius 1 is 0.756 bits per heavy atom. The highest BCUT2D eigenvalue weighted by Crippen LogP contribution is 2.38. The molecule has 0 saturated heterocycles. The Morgan fingerprint density at radius 2 is 1.44 bits per heavy atom. The van der Waals surface area contributed by atoms with Gasteiger partial charge < -0.3 is 0 Å². The number of fused-ring (bicyclic) bond motifs is 2. The quantitative estimate of drug-likeness (QED) is 0.145. The summed E-state index contributed by atoms with van der Waals surface area (Å²) < 4.78 is 66.7. The Labute approximate surface area is 240 Å². The van der Waals surface area contributed by atoms with Crippen molar-refractivity contribution in [3.05, 3.63) is 70.8 Å². The van der Waals surface area contributed by atoms with Gasteiger partial charge in [-0.1, -0.05) is 101 Å². The van der Waals surface area contributed by atoms with E-state index < -0.39 is 23.4 Å². The molecule has 0 heterocycles. The van der Waals surface area contributed by atoms with E-state index in [1.165, 1.54) is 87.8 Å². The van der Waals surface area contributed by atoms with Gasteiger partial charge in [0.05, 0.1) is 5.56 Å².